The van der Waals surface area contributed by atoms with Gasteiger partial charge in [0.25, 0.3) is 5.91 Å². The van der Waals surface area contributed by atoms with E-state index >= 15 is 0 Å². The SMILES string of the molecule is COc1ccc([C@]2(C)NC(=O)N(NC(=O)[C@@H](C)C3CC3)C2=O)cc1. The van der Waals surface area contributed by atoms with Crippen molar-refractivity contribution in [1.29, 1.82) is 0 Å². The summed E-state index contributed by atoms with van der Waals surface area (Å²) in [7, 11) is 1.55. The van der Waals surface area contributed by atoms with E-state index in [1.54, 1.807) is 38.3 Å². The van der Waals surface area contributed by atoms with Crippen molar-refractivity contribution in [2.45, 2.75) is 32.2 Å². The number of urea groups is 1. The summed E-state index contributed by atoms with van der Waals surface area (Å²) in [5.41, 5.74) is 1.85. The average Bonchev–Trinajstić information content (AvgIpc) is 3.39. The van der Waals surface area contributed by atoms with Crippen LogP contribution in [-0.4, -0.2) is 30.0 Å². The Labute approximate surface area is 140 Å². The molecule has 2 aliphatic rings. The van der Waals surface area contributed by atoms with E-state index in [4.69, 9.17) is 4.74 Å². The summed E-state index contributed by atoms with van der Waals surface area (Å²) in [6.07, 6.45) is 2.02. The first-order chi connectivity index (χ1) is 11.4. The fourth-order valence-electron chi connectivity index (χ4n) is 2.88. The minimum absolute atomic E-state index is 0.210. The maximum Gasteiger partial charge on any atom is 0.344 e. The predicted molar refractivity (Wildman–Crippen MR) is 85.8 cm³/mol. The van der Waals surface area contributed by atoms with Crippen LogP contribution in [-0.2, 0) is 15.1 Å². The number of methoxy groups -OCH3 is 1. The van der Waals surface area contributed by atoms with Crippen molar-refractivity contribution in [3.63, 3.8) is 0 Å². The van der Waals surface area contributed by atoms with Gasteiger partial charge in [-0.3, -0.25) is 15.0 Å². The van der Waals surface area contributed by atoms with Crippen molar-refractivity contribution in [2.75, 3.05) is 7.11 Å². The zero-order valence-corrected chi connectivity index (χ0v) is 14.0. The number of imide groups is 1. The molecule has 0 unspecified atom stereocenters. The van der Waals surface area contributed by atoms with Crippen molar-refractivity contribution in [3.05, 3.63) is 29.8 Å². The molecule has 0 spiro atoms. The molecule has 2 atom stereocenters. The summed E-state index contributed by atoms with van der Waals surface area (Å²) in [6.45, 7) is 3.43. The number of nitrogens with zero attached hydrogens (tertiary/aromatic N) is 1. The van der Waals surface area contributed by atoms with Crippen LogP contribution >= 0.6 is 0 Å². The Bertz CT molecular complexity index is 684. The molecule has 0 aromatic heterocycles. The second-order valence-corrected chi connectivity index (χ2v) is 6.53. The highest BCUT2D eigenvalue weighted by Gasteiger charge is 2.50. The molecule has 1 aliphatic heterocycles. The van der Waals surface area contributed by atoms with Gasteiger partial charge in [0, 0.05) is 5.92 Å². The van der Waals surface area contributed by atoms with Crippen molar-refractivity contribution in [1.82, 2.24) is 15.8 Å². The van der Waals surface area contributed by atoms with Crippen LogP contribution in [0.25, 0.3) is 0 Å². The summed E-state index contributed by atoms with van der Waals surface area (Å²) >= 11 is 0. The van der Waals surface area contributed by atoms with Crippen molar-refractivity contribution >= 4 is 17.8 Å². The largest absolute Gasteiger partial charge is 0.497 e. The molecule has 128 valence electrons. The Morgan fingerprint density at radius 3 is 2.50 bits per heavy atom. The third-order valence-corrected chi connectivity index (χ3v) is 4.82. The molecule has 1 saturated heterocycles. The Morgan fingerprint density at radius 2 is 1.96 bits per heavy atom. The first-order valence-electron chi connectivity index (χ1n) is 7.98. The molecule has 7 nitrogen and oxygen atoms in total. The topological polar surface area (TPSA) is 87.7 Å². The highest BCUT2D eigenvalue weighted by molar-refractivity contribution is 6.08. The zero-order chi connectivity index (χ0) is 17.5. The van der Waals surface area contributed by atoms with E-state index < -0.39 is 17.5 Å². The lowest BCUT2D eigenvalue weighted by Crippen LogP contribution is -2.49. The molecular formula is C17H21N3O4. The molecule has 1 heterocycles. The second-order valence-electron chi connectivity index (χ2n) is 6.53. The fourth-order valence-corrected chi connectivity index (χ4v) is 2.88. The third kappa shape index (κ3) is 2.70. The Balaban J connectivity index is 1.77. The maximum atomic E-state index is 12.7. The fraction of sp³-hybridized carbons (Fsp3) is 0.471. The lowest BCUT2D eigenvalue weighted by molar-refractivity contribution is -0.140. The van der Waals surface area contributed by atoms with Gasteiger partial charge < -0.3 is 10.1 Å². The van der Waals surface area contributed by atoms with Gasteiger partial charge in [0.1, 0.15) is 11.3 Å². The number of nitrogens with one attached hydrogen (secondary N) is 2. The van der Waals surface area contributed by atoms with Crippen LogP contribution in [0.1, 0.15) is 32.3 Å². The Kier molecular flexibility index (Phi) is 3.95. The Hall–Kier alpha value is -2.57. The van der Waals surface area contributed by atoms with E-state index in [1.807, 2.05) is 6.92 Å². The number of hydrogen-bond acceptors (Lipinski definition) is 4. The molecule has 4 amide bonds. The number of rotatable bonds is 5. The summed E-state index contributed by atoms with van der Waals surface area (Å²) in [5.74, 6) is -0.0197. The van der Waals surface area contributed by atoms with Crippen LogP contribution < -0.4 is 15.5 Å². The van der Waals surface area contributed by atoms with Gasteiger partial charge in [-0.2, -0.15) is 5.01 Å². The van der Waals surface area contributed by atoms with Gasteiger partial charge in [0.2, 0.25) is 5.91 Å². The lowest BCUT2D eigenvalue weighted by atomic mass is 9.92. The maximum absolute atomic E-state index is 12.7. The molecule has 1 saturated carbocycles. The summed E-state index contributed by atoms with van der Waals surface area (Å²) in [4.78, 5) is 37.1. The normalized spacial score (nSPS) is 24.5. The van der Waals surface area contributed by atoms with Crippen LogP contribution in [0, 0.1) is 11.8 Å². The molecular weight excluding hydrogens is 310 g/mol. The second kappa shape index (κ2) is 5.81. The van der Waals surface area contributed by atoms with E-state index in [0.717, 1.165) is 17.9 Å². The lowest BCUT2D eigenvalue weighted by Gasteiger charge is -2.23. The number of ether oxygens (including phenoxy) is 1. The van der Waals surface area contributed by atoms with E-state index in [1.165, 1.54) is 0 Å². The van der Waals surface area contributed by atoms with Crippen LogP contribution in [0.2, 0.25) is 0 Å². The molecule has 1 aromatic rings. The van der Waals surface area contributed by atoms with Gasteiger partial charge in [-0.1, -0.05) is 19.1 Å². The minimum Gasteiger partial charge on any atom is -0.497 e. The monoisotopic (exact) mass is 331 g/mol. The van der Waals surface area contributed by atoms with E-state index in [0.29, 0.717) is 17.2 Å². The first-order valence-corrected chi connectivity index (χ1v) is 7.98. The molecule has 2 fully saturated rings. The summed E-state index contributed by atoms with van der Waals surface area (Å²) in [6, 6.07) is 6.24. The average molecular weight is 331 g/mol. The minimum atomic E-state index is -1.22. The quantitative estimate of drug-likeness (QED) is 0.801. The first kappa shape index (κ1) is 16.3. The molecule has 0 radical (unpaired) electrons. The van der Waals surface area contributed by atoms with Crippen molar-refractivity contribution in [3.8, 4) is 5.75 Å². The number of amides is 4. The van der Waals surface area contributed by atoms with Gasteiger partial charge in [0.05, 0.1) is 7.11 Å². The van der Waals surface area contributed by atoms with Crippen LogP contribution in [0.4, 0.5) is 4.79 Å². The zero-order valence-electron chi connectivity index (χ0n) is 14.0. The van der Waals surface area contributed by atoms with Gasteiger partial charge in [0.15, 0.2) is 0 Å². The number of carbonyl (C=O) groups excluding carboxylic acids is 3. The molecule has 24 heavy (non-hydrogen) atoms. The van der Waals surface area contributed by atoms with Crippen LogP contribution in [0.5, 0.6) is 5.75 Å². The predicted octanol–water partition coefficient (Wildman–Crippen LogP) is 1.54. The number of hydrogen-bond donors (Lipinski definition) is 2. The van der Waals surface area contributed by atoms with Gasteiger partial charge in [-0.15, -0.1) is 0 Å². The van der Waals surface area contributed by atoms with Crippen LogP contribution in [0.3, 0.4) is 0 Å². The van der Waals surface area contributed by atoms with Gasteiger partial charge in [-0.05, 0) is 43.4 Å². The number of hydrazine groups is 1. The molecule has 0 bridgehead atoms. The van der Waals surface area contributed by atoms with Gasteiger partial charge >= 0.3 is 6.03 Å². The smallest absolute Gasteiger partial charge is 0.344 e. The van der Waals surface area contributed by atoms with E-state index in [2.05, 4.69) is 10.7 Å². The third-order valence-electron chi connectivity index (χ3n) is 4.82. The molecule has 2 N–H and O–H groups in total. The molecule has 1 aliphatic carbocycles. The molecule has 7 heteroatoms. The van der Waals surface area contributed by atoms with Crippen molar-refractivity contribution in [2.24, 2.45) is 11.8 Å². The standard InChI is InChI=1S/C17H21N3O4/c1-10(11-4-5-11)14(21)19-20-15(22)17(2,18-16(20)23)12-6-8-13(24-3)9-7-12/h6-11H,4-5H2,1-3H3,(H,18,23)(H,19,21)/t10-,17-/m0/s1. The molecule has 3 rings (SSSR count). The summed E-state index contributed by atoms with van der Waals surface area (Å²) in [5, 5.41) is 3.44. The van der Waals surface area contributed by atoms with Gasteiger partial charge in [-0.25, -0.2) is 4.79 Å². The highest BCUT2D eigenvalue weighted by Crippen LogP contribution is 2.37. The van der Waals surface area contributed by atoms with E-state index in [9.17, 15) is 14.4 Å². The Morgan fingerprint density at radius 1 is 1.33 bits per heavy atom. The van der Waals surface area contributed by atoms with E-state index in [-0.39, 0.29) is 11.8 Å². The molecule has 1 aromatic carbocycles. The number of benzene rings is 1. The number of carbonyl (C=O) groups is 3. The summed E-state index contributed by atoms with van der Waals surface area (Å²) < 4.78 is 5.10. The van der Waals surface area contributed by atoms with Crippen LogP contribution in [0.15, 0.2) is 24.3 Å². The highest BCUT2D eigenvalue weighted by atomic mass is 16.5. The van der Waals surface area contributed by atoms with Crippen molar-refractivity contribution < 1.29 is 19.1 Å².